The van der Waals surface area contributed by atoms with E-state index in [-0.39, 0.29) is 5.92 Å². The molecule has 0 saturated heterocycles. The lowest BCUT2D eigenvalue weighted by Crippen LogP contribution is -2.05. The molecule has 0 fully saturated rings. The fraction of sp³-hybridized carbons (Fsp3) is 0.333. The van der Waals surface area contributed by atoms with Gasteiger partial charge >= 0.3 is 0 Å². The average Bonchev–Trinajstić information content (AvgIpc) is 2.46. The normalized spacial score (nSPS) is 10.7. The molecule has 5 heteroatoms. The van der Waals surface area contributed by atoms with Gasteiger partial charge < -0.3 is 10.1 Å². The average molecular weight is 336 g/mol. The molecule has 4 nitrogen and oxygen atoms in total. The Labute approximate surface area is 127 Å². The van der Waals surface area contributed by atoms with Crippen LogP contribution in [-0.4, -0.2) is 17.0 Å². The fourth-order valence-corrected chi connectivity index (χ4v) is 2.07. The Kier molecular flexibility index (Phi) is 4.95. The smallest absolute Gasteiger partial charge is 0.219 e. The molecular weight excluding hydrogens is 318 g/mol. The minimum Gasteiger partial charge on any atom is -0.473 e. The molecule has 2 aromatic rings. The summed E-state index contributed by atoms with van der Waals surface area (Å²) in [4.78, 5) is 8.85. The van der Waals surface area contributed by atoms with Gasteiger partial charge in [-0.15, -0.1) is 0 Å². The van der Waals surface area contributed by atoms with Crippen molar-refractivity contribution >= 4 is 21.7 Å². The minimum atomic E-state index is 0.258. The zero-order chi connectivity index (χ0) is 14.5. The molecule has 0 amide bonds. The summed E-state index contributed by atoms with van der Waals surface area (Å²) in [5.41, 5.74) is 1.09. The Morgan fingerprint density at radius 2 is 2.00 bits per heavy atom. The van der Waals surface area contributed by atoms with E-state index in [4.69, 9.17) is 4.74 Å². The molecule has 106 valence electrons. The lowest BCUT2D eigenvalue weighted by Gasteiger charge is -2.11. The van der Waals surface area contributed by atoms with E-state index < -0.39 is 0 Å². The van der Waals surface area contributed by atoms with Gasteiger partial charge in [0.1, 0.15) is 18.2 Å². The van der Waals surface area contributed by atoms with Crippen molar-refractivity contribution < 1.29 is 4.74 Å². The number of nitrogens with zero attached hydrogens (tertiary/aromatic N) is 2. The number of ether oxygens (including phenoxy) is 1. The molecule has 2 rings (SSSR count). The summed E-state index contributed by atoms with van der Waals surface area (Å²) in [5, 5.41) is 3.03. The van der Waals surface area contributed by atoms with Crippen LogP contribution >= 0.6 is 15.9 Å². The van der Waals surface area contributed by atoms with Crippen molar-refractivity contribution in [2.45, 2.75) is 26.4 Å². The maximum absolute atomic E-state index is 5.79. The third kappa shape index (κ3) is 3.70. The van der Waals surface area contributed by atoms with E-state index in [1.54, 1.807) is 0 Å². The highest BCUT2D eigenvalue weighted by Crippen LogP contribution is 2.21. The summed E-state index contributed by atoms with van der Waals surface area (Å²) in [6, 6.07) is 9.80. The highest BCUT2D eigenvalue weighted by molar-refractivity contribution is 9.10. The van der Waals surface area contributed by atoms with Gasteiger partial charge in [-0.25, -0.2) is 4.98 Å². The van der Waals surface area contributed by atoms with Gasteiger partial charge in [-0.05, 0) is 6.07 Å². The third-order valence-electron chi connectivity index (χ3n) is 2.83. The van der Waals surface area contributed by atoms with Crippen LogP contribution in [0.1, 0.15) is 31.2 Å². The maximum atomic E-state index is 5.79. The summed E-state index contributed by atoms with van der Waals surface area (Å²) in [6.07, 6.45) is 0. The number of nitrogens with one attached hydrogen (secondary N) is 1. The lowest BCUT2D eigenvalue weighted by molar-refractivity contribution is 0.291. The van der Waals surface area contributed by atoms with Crippen LogP contribution in [0, 0.1) is 0 Å². The van der Waals surface area contributed by atoms with E-state index in [0.29, 0.717) is 12.5 Å². The number of aromatic nitrogens is 2. The number of hydrogen-bond acceptors (Lipinski definition) is 4. The molecule has 0 aliphatic carbocycles. The highest BCUT2D eigenvalue weighted by atomic mass is 79.9. The summed E-state index contributed by atoms with van der Waals surface area (Å²) < 4.78 is 6.82. The van der Waals surface area contributed by atoms with Crippen LogP contribution in [0.4, 0.5) is 5.82 Å². The molecular formula is C15H18BrN3O. The van der Waals surface area contributed by atoms with Crippen LogP contribution in [0.2, 0.25) is 0 Å². The van der Waals surface area contributed by atoms with Crippen LogP contribution in [0.3, 0.4) is 0 Å². The predicted octanol–water partition coefficient (Wildman–Crippen LogP) is 3.98. The van der Waals surface area contributed by atoms with Crippen molar-refractivity contribution in [1.29, 1.82) is 0 Å². The Morgan fingerprint density at radius 3 is 2.65 bits per heavy atom. The van der Waals surface area contributed by atoms with Crippen LogP contribution in [0.5, 0.6) is 5.88 Å². The second-order valence-corrected chi connectivity index (χ2v) is 5.59. The number of anilines is 1. The number of hydrogen-bond donors (Lipinski definition) is 1. The second-order valence-electron chi connectivity index (χ2n) is 4.73. The topological polar surface area (TPSA) is 47.0 Å². The van der Waals surface area contributed by atoms with E-state index in [0.717, 1.165) is 21.7 Å². The van der Waals surface area contributed by atoms with Crippen molar-refractivity contribution in [1.82, 2.24) is 9.97 Å². The second kappa shape index (κ2) is 6.70. The van der Waals surface area contributed by atoms with Crippen molar-refractivity contribution in [3.05, 3.63) is 46.2 Å². The van der Waals surface area contributed by atoms with Crippen molar-refractivity contribution in [2.75, 3.05) is 12.4 Å². The number of benzene rings is 1. The SMILES string of the molecule is CNc1cc(OCc2ccccc2Br)nc(C(C)C)n1. The Balaban J connectivity index is 2.17. The zero-order valence-corrected chi connectivity index (χ0v) is 13.4. The number of rotatable bonds is 5. The summed E-state index contributed by atoms with van der Waals surface area (Å²) >= 11 is 3.51. The molecule has 20 heavy (non-hydrogen) atoms. The molecule has 0 unspecified atom stereocenters. The van der Waals surface area contributed by atoms with Crippen LogP contribution < -0.4 is 10.1 Å². The molecule has 0 bridgehead atoms. The maximum Gasteiger partial charge on any atom is 0.219 e. The van der Waals surface area contributed by atoms with E-state index >= 15 is 0 Å². The molecule has 0 radical (unpaired) electrons. The summed E-state index contributed by atoms with van der Waals surface area (Å²) in [5.74, 6) is 2.39. The molecule has 1 aromatic heterocycles. The van der Waals surface area contributed by atoms with Crippen molar-refractivity contribution in [2.24, 2.45) is 0 Å². The van der Waals surface area contributed by atoms with E-state index in [2.05, 4.69) is 45.1 Å². The predicted molar refractivity (Wildman–Crippen MR) is 84.1 cm³/mol. The van der Waals surface area contributed by atoms with Gasteiger partial charge in [-0.3, -0.25) is 0 Å². The Bertz CT molecular complexity index is 587. The van der Waals surface area contributed by atoms with Gasteiger partial charge in [-0.1, -0.05) is 48.0 Å². The van der Waals surface area contributed by atoms with Gasteiger partial charge in [0.05, 0.1) is 0 Å². The first-order chi connectivity index (χ1) is 9.60. The van der Waals surface area contributed by atoms with Crippen LogP contribution in [0.15, 0.2) is 34.8 Å². The van der Waals surface area contributed by atoms with Gasteiger partial charge in [-0.2, -0.15) is 4.98 Å². The van der Waals surface area contributed by atoms with E-state index in [1.807, 2.05) is 37.4 Å². The molecule has 0 saturated carbocycles. The number of halogens is 1. The van der Waals surface area contributed by atoms with Crippen LogP contribution in [0.25, 0.3) is 0 Å². The highest BCUT2D eigenvalue weighted by Gasteiger charge is 2.09. The largest absolute Gasteiger partial charge is 0.473 e. The van der Waals surface area contributed by atoms with Gasteiger partial charge in [0.25, 0.3) is 0 Å². The van der Waals surface area contributed by atoms with Gasteiger partial charge in [0.15, 0.2) is 0 Å². The molecule has 0 spiro atoms. The van der Waals surface area contributed by atoms with Crippen molar-refractivity contribution in [3.63, 3.8) is 0 Å². The minimum absolute atomic E-state index is 0.258. The lowest BCUT2D eigenvalue weighted by atomic mass is 10.2. The van der Waals surface area contributed by atoms with Crippen molar-refractivity contribution in [3.8, 4) is 5.88 Å². The molecule has 0 aliphatic rings. The fourth-order valence-electron chi connectivity index (χ4n) is 1.67. The molecule has 0 aliphatic heterocycles. The summed E-state index contributed by atoms with van der Waals surface area (Å²) in [7, 11) is 1.84. The molecule has 1 N–H and O–H groups in total. The Morgan fingerprint density at radius 1 is 1.25 bits per heavy atom. The Hall–Kier alpha value is -1.62. The summed E-state index contributed by atoms with van der Waals surface area (Å²) in [6.45, 7) is 4.60. The van der Waals surface area contributed by atoms with E-state index in [9.17, 15) is 0 Å². The standard InChI is InChI=1S/C15H18BrN3O/c1-10(2)15-18-13(17-3)8-14(19-15)20-9-11-6-4-5-7-12(11)16/h4-8,10H,9H2,1-3H3,(H,17,18,19). The van der Waals surface area contributed by atoms with Gasteiger partial charge in [0, 0.05) is 29.1 Å². The molecule has 1 aromatic carbocycles. The van der Waals surface area contributed by atoms with Crippen LogP contribution in [-0.2, 0) is 6.61 Å². The monoisotopic (exact) mass is 335 g/mol. The van der Waals surface area contributed by atoms with Gasteiger partial charge in [0.2, 0.25) is 5.88 Å². The third-order valence-corrected chi connectivity index (χ3v) is 3.60. The molecule has 1 heterocycles. The first-order valence-corrected chi connectivity index (χ1v) is 7.32. The quantitative estimate of drug-likeness (QED) is 0.897. The van der Waals surface area contributed by atoms with E-state index in [1.165, 1.54) is 0 Å². The first kappa shape index (κ1) is 14.8. The zero-order valence-electron chi connectivity index (χ0n) is 11.9. The first-order valence-electron chi connectivity index (χ1n) is 6.53. The molecule has 0 atom stereocenters.